The SMILES string of the molecule is NC1(c2ccc(-c3nc4ccn5c(-c6ccncc6)nnc5c4cc3-c3ccccc3)cc2)CCC1. The zero-order valence-corrected chi connectivity index (χ0v) is 19.7. The summed E-state index contributed by atoms with van der Waals surface area (Å²) in [6.07, 6.45) is 8.81. The minimum Gasteiger partial charge on any atom is -0.321 e. The maximum absolute atomic E-state index is 6.57. The molecule has 0 amide bonds. The summed E-state index contributed by atoms with van der Waals surface area (Å²) in [6, 6.07) is 27.1. The first-order chi connectivity index (χ1) is 17.7. The molecule has 1 aliphatic rings. The Morgan fingerprint density at radius 1 is 0.778 bits per heavy atom. The van der Waals surface area contributed by atoms with Crippen LogP contribution in [0.15, 0.2) is 97.5 Å². The molecule has 0 radical (unpaired) electrons. The Kier molecular flexibility index (Phi) is 4.69. The predicted octanol–water partition coefficient (Wildman–Crippen LogP) is 6.01. The standard InChI is InChI=1S/C30H24N6/c31-30(14-4-15-30)23-9-7-21(8-10-23)27-24(20-5-2-1-3-6-20)19-25-26(33-27)13-18-36-28(34-35-29(25)36)22-11-16-32-17-12-22/h1-3,5-13,16-19H,4,14-15,31H2. The third-order valence-electron chi connectivity index (χ3n) is 7.37. The van der Waals surface area contributed by atoms with Gasteiger partial charge in [0.1, 0.15) is 0 Å². The van der Waals surface area contributed by atoms with Crippen molar-refractivity contribution in [3.8, 4) is 33.8 Å². The van der Waals surface area contributed by atoms with Gasteiger partial charge in [-0.25, -0.2) is 4.98 Å². The van der Waals surface area contributed by atoms with Crippen LogP contribution in [0.2, 0.25) is 0 Å². The lowest BCUT2D eigenvalue weighted by Gasteiger charge is -2.38. The van der Waals surface area contributed by atoms with Crippen LogP contribution in [0.3, 0.4) is 0 Å². The average molecular weight is 469 g/mol. The minimum absolute atomic E-state index is 0.177. The van der Waals surface area contributed by atoms with Gasteiger partial charge in [0.15, 0.2) is 11.5 Å². The maximum Gasteiger partial charge on any atom is 0.170 e. The second-order valence-electron chi connectivity index (χ2n) is 9.54. The fourth-order valence-corrected chi connectivity index (χ4v) is 5.16. The van der Waals surface area contributed by atoms with E-state index in [4.69, 9.17) is 10.7 Å². The van der Waals surface area contributed by atoms with Crippen LogP contribution in [-0.2, 0) is 5.54 Å². The van der Waals surface area contributed by atoms with E-state index in [1.54, 1.807) is 12.4 Å². The summed E-state index contributed by atoms with van der Waals surface area (Å²) in [7, 11) is 0. The molecule has 1 fully saturated rings. The van der Waals surface area contributed by atoms with Crippen LogP contribution in [-0.4, -0.2) is 24.6 Å². The molecular weight excluding hydrogens is 444 g/mol. The Hall–Kier alpha value is -4.42. The van der Waals surface area contributed by atoms with Crippen molar-refractivity contribution in [2.45, 2.75) is 24.8 Å². The van der Waals surface area contributed by atoms with Crippen LogP contribution in [0.5, 0.6) is 0 Å². The van der Waals surface area contributed by atoms with Gasteiger partial charge in [-0.05, 0) is 54.7 Å². The molecule has 0 aliphatic heterocycles. The Labute approximate surface area is 208 Å². The summed E-state index contributed by atoms with van der Waals surface area (Å²) < 4.78 is 2.02. The molecule has 0 spiro atoms. The molecule has 2 N–H and O–H groups in total. The van der Waals surface area contributed by atoms with Crippen molar-refractivity contribution in [3.63, 3.8) is 0 Å². The second kappa shape index (κ2) is 8.07. The molecular formula is C30H24N6. The Balaban J connectivity index is 1.43. The second-order valence-corrected chi connectivity index (χ2v) is 9.54. The first-order valence-corrected chi connectivity index (χ1v) is 12.2. The van der Waals surface area contributed by atoms with Gasteiger partial charge in [-0.2, -0.15) is 0 Å². The molecule has 4 heterocycles. The van der Waals surface area contributed by atoms with Gasteiger partial charge in [-0.1, -0.05) is 54.6 Å². The van der Waals surface area contributed by atoms with Crippen molar-refractivity contribution in [1.29, 1.82) is 0 Å². The van der Waals surface area contributed by atoms with Gasteiger partial charge < -0.3 is 5.73 Å². The van der Waals surface area contributed by atoms with E-state index in [-0.39, 0.29) is 5.54 Å². The summed E-state index contributed by atoms with van der Waals surface area (Å²) in [6.45, 7) is 0. The number of nitrogens with two attached hydrogens (primary N) is 1. The van der Waals surface area contributed by atoms with E-state index >= 15 is 0 Å². The Morgan fingerprint density at radius 3 is 2.28 bits per heavy atom. The van der Waals surface area contributed by atoms with E-state index < -0.39 is 0 Å². The monoisotopic (exact) mass is 468 g/mol. The summed E-state index contributed by atoms with van der Waals surface area (Å²) >= 11 is 0. The molecule has 6 nitrogen and oxygen atoms in total. The molecule has 0 unspecified atom stereocenters. The molecule has 7 rings (SSSR count). The van der Waals surface area contributed by atoms with Crippen LogP contribution in [0.4, 0.5) is 0 Å². The van der Waals surface area contributed by atoms with E-state index in [1.165, 1.54) is 12.0 Å². The number of aromatic nitrogens is 5. The van der Waals surface area contributed by atoms with E-state index in [1.807, 2.05) is 34.9 Å². The summed E-state index contributed by atoms with van der Waals surface area (Å²) in [5.41, 5.74) is 14.4. The van der Waals surface area contributed by atoms with Crippen LogP contribution in [0.25, 0.3) is 50.3 Å². The van der Waals surface area contributed by atoms with Gasteiger partial charge in [0.05, 0.1) is 11.2 Å². The normalized spacial score (nSPS) is 14.7. The Morgan fingerprint density at radius 2 is 1.56 bits per heavy atom. The van der Waals surface area contributed by atoms with Crippen LogP contribution in [0.1, 0.15) is 24.8 Å². The number of nitrogens with zero attached hydrogens (tertiary/aromatic N) is 5. The molecule has 2 aromatic carbocycles. The number of hydrogen-bond acceptors (Lipinski definition) is 5. The average Bonchev–Trinajstić information content (AvgIpc) is 3.37. The molecule has 4 aromatic heterocycles. The highest BCUT2D eigenvalue weighted by molar-refractivity contribution is 5.98. The zero-order valence-electron chi connectivity index (χ0n) is 19.7. The van der Waals surface area contributed by atoms with E-state index in [0.29, 0.717) is 0 Å². The molecule has 1 aliphatic carbocycles. The van der Waals surface area contributed by atoms with Gasteiger partial charge in [0.25, 0.3) is 0 Å². The lowest BCUT2D eigenvalue weighted by atomic mass is 9.72. The number of hydrogen-bond donors (Lipinski definition) is 1. The summed E-state index contributed by atoms with van der Waals surface area (Å²) in [5.74, 6) is 0.780. The molecule has 6 aromatic rings. The largest absolute Gasteiger partial charge is 0.321 e. The molecule has 0 saturated heterocycles. The molecule has 36 heavy (non-hydrogen) atoms. The van der Waals surface area contributed by atoms with Crippen molar-refractivity contribution in [1.82, 2.24) is 24.6 Å². The third-order valence-corrected chi connectivity index (χ3v) is 7.37. The third kappa shape index (κ3) is 3.30. The van der Waals surface area contributed by atoms with Gasteiger partial charge in [0.2, 0.25) is 0 Å². The van der Waals surface area contributed by atoms with Crippen molar-refractivity contribution in [3.05, 3.63) is 103 Å². The van der Waals surface area contributed by atoms with Crippen molar-refractivity contribution < 1.29 is 0 Å². The smallest absolute Gasteiger partial charge is 0.170 e. The van der Waals surface area contributed by atoms with Gasteiger partial charge in [-0.3, -0.25) is 9.38 Å². The maximum atomic E-state index is 6.57. The van der Waals surface area contributed by atoms with Gasteiger partial charge in [0, 0.05) is 46.2 Å². The van der Waals surface area contributed by atoms with E-state index in [2.05, 4.69) is 69.8 Å². The number of benzene rings is 2. The lowest BCUT2D eigenvalue weighted by Crippen LogP contribution is -2.43. The van der Waals surface area contributed by atoms with Crippen LogP contribution < -0.4 is 5.73 Å². The lowest BCUT2D eigenvalue weighted by molar-refractivity contribution is 0.253. The number of pyridine rings is 3. The summed E-state index contributed by atoms with van der Waals surface area (Å²) in [4.78, 5) is 9.28. The quantitative estimate of drug-likeness (QED) is 0.343. The summed E-state index contributed by atoms with van der Waals surface area (Å²) in [5, 5.41) is 10.0. The zero-order chi connectivity index (χ0) is 24.1. The van der Waals surface area contributed by atoms with Crippen LogP contribution >= 0.6 is 0 Å². The first-order valence-electron chi connectivity index (χ1n) is 12.2. The molecule has 0 bridgehead atoms. The highest BCUT2D eigenvalue weighted by Crippen LogP contribution is 2.40. The van der Waals surface area contributed by atoms with E-state index in [0.717, 1.165) is 63.2 Å². The topological polar surface area (TPSA) is 82.0 Å². The number of rotatable bonds is 4. The van der Waals surface area contributed by atoms with Crippen LogP contribution in [0, 0.1) is 0 Å². The first kappa shape index (κ1) is 20.9. The van der Waals surface area contributed by atoms with Crippen molar-refractivity contribution in [2.24, 2.45) is 5.73 Å². The van der Waals surface area contributed by atoms with Crippen molar-refractivity contribution >= 4 is 16.6 Å². The minimum atomic E-state index is -0.177. The van der Waals surface area contributed by atoms with Gasteiger partial charge >= 0.3 is 0 Å². The Bertz CT molecular complexity index is 1700. The number of fused-ring (bicyclic) bond motifs is 3. The van der Waals surface area contributed by atoms with Gasteiger partial charge in [-0.15, -0.1) is 10.2 Å². The fraction of sp³-hybridized carbons (Fsp3) is 0.133. The molecule has 6 heteroatoms. The molecule has 1 saturated carbocycles. The molecule has 174 valence electrons. The fourth-order valence-electron chi connectivity index (χ4n) is 5.16. The highest BCUT2D eigenvalue weighted by Gasteiger charge is 2.34. The predicted molar refractivity (Wildman–Crippen MR) is 142 cm³/mol. The van der Waals surface area contributed by atoms with E-state index in [9.17, 15) is 0 Å². The molecule has 0 atom stereocenters. The van der Waals surface area contributed by atoms with Crippen molar-refractivity contribution in [2.75, 3.05) is 0 Å². The highest BCUT2D eigenvalue weighted by atomic mass is 15.2.